The number of H-pyrrole nitrogens is 1. The molecule has 0 aliphatic rings. The molecule has 0 saturated heterocycles. The minimum Gasteiger partial charge on any atom is -0.326 e. The molecule has 0 saturated carbocycles. The van der Waals surface area contributed by atoms with Crippen molar-refractivity contribution >= 4 is 15.7 Å². The van der Waals surface area contributed by atoms with Gasteiger partial charge in [-0.3, -0.25) is 9.40 Å². The Morgan fingerprint density at radius 1 is 1.45 bits per heavy atom. The second-order valence-electron chi connectivity index (χ2n) is 4.08. The van der Waals surface area contributed by atoms with Crippen LogP contribution in [0.4, 0.5) is 10.1 Å². The van der Waals surface area contributed by atoms with Gasteiger partial charge in [0.15, 0.2) is 5.03 Å². The van der Waals surface area contributed by atoms with Crippen LogP contribution in [0.15, 0.2) is 35.5 Å². The number of rotatable bonds is 5. The summed E-state index contributed by atoms with van der Waals surface area (Å²) in [6.45, 7) is 1.88. The quantitative estimate of drug-likeness (QED) is 0.868. The summed E-state index contributed by atoms with van der Waals surface area (Å²) in [6.07, 6.45) is 1.37. The van der Waals surface area contributed by atoms with Crippen LogP contribution in [0, 0.1) is 5.82 Å². The zero-order valence-corrected chi connectivity index (χ0v) is 11.7. The van der Waals surface area contributed by atoms with Crippen LogP contribution in [0.2, 0.25) is 0 Å². The Kier molecular flexibility index (Phi) is 4.05. The van der Waals surface area contributed by atoms with Crippen LogP contribution in [0.5, 0.6) is 0 Å². The molecule has 0 radical (unpaired) electrons. The summed E-state index contributed by atoms with van der Waals surface area (Å²) in [5, 5.41) is 6.08. The van der Waals surface area contributed by atoms with Crippen molar-refractivity contribution in [2.45, 2.75) is 18.5 Å². The first-order valence-corrected chi connectivity index (χ1v) is 7.45. The van der Waals surface area contributed by atoms with Gasteiger partial charge < -0.3 is 5.73 Å². The molecule has 0 amide bonds. The van der Waals surface area contributed by atoms with Gasteiger partial charge in [-0.1, -0.05) is 6.07 Å². The molecule has 0 atom stereocenters. The number of nitrogens with one attached hydrogen (secondary N) is 1. The first-order valence-electron chi connectivity index (χ1n) is 6.01. The average Bonchev–Trinajstić information content (AvgIpc) is 2.88. The summed E-state index contributed by atoms with van der Waals surface area (Å²) in [7, 11) is -3.85. The van der Waals surface area contributed by atoms with Crippen LogP contribution in [0.25, 0.3) is 0 Å². The van der Waals surface area contributed by atoms with E-state index in [-0.39, 0.29) is 23.8 Å². The van der Waals surface area contributed by atoms with Crippen molar-refractivity contribution in [2.24, 2.45) is 5.73 Å². The molecular weight excluding hydrogens is 283 g/mol. The van der Waals surface area contributed by atoms with E-state index in [0.717, 1.165) is 4.31 Å². The maximum absolute atomic E-state index is 13.3. The summed E-state index contributed by atoms with van der Waals surface area (Å²) in [4.78, 5) is 0. The maximum Gasteiger partial charge on any atom is 0.281 e. The summed E-state index contributed by atoms with van der Waals surface area (Å²) in [5.41, 5.74) is 6.14. The predicted octanol–water partition coefficient (Wildman–Crippen LogP) is 1.22. The van der Waals surface area contributed by atoms with Crippen molar-refractivity contribution in [1.29, 1.82) is 0 Å². The number of sulfonamides is 1. The first kappa shape index (κ1) is 14.5. The highest BCUT2D eigenvalue weighted by Gasteiger charge is 2.27. The molecule has 0 aliphatic heterocycles. The van der Waals surface area contributed by atoms with E-state index in [1.54, 1.807) is 6.92 Å². The van der Waals surface area contributed by atoms with Crippen LogP contribution >= 0.6 is 0 Å². The molecule has 6 nitrogen and oxygen atoms in total. The number of nitrogens with two attached hydrogens (primary N) is 1. The van der Waals surface area contributed by atoms with Gasteiger partial charge in [0.05, 0.1) is 11.9 Å². The fourth-order valence-electron chi connectivity index (χ4n) is 1.90. The molecule has 2 rings (SSSR count). The van der Waals surface area contributed by atoms with Crippen LogP contribution < -0.4 is 10.0 Å². The van der Waals surface area contributed by atoms with Crippen molar-refractivity contribution in [2.75, 3.05) is 10.8 Å². The molecule has 1 aromatic heterocycles. The number of aromatic amines is 1. The molecular formula is C12H15FN4O2S. The van der Waals surface area contributed by atoms with Gasteiger partial charge in [-0.2, -0.15) is 13.5 Å². The lowest BCUT2D eigenvalue weighted by molar-refractivity contribution is 0.586. The minimum absolute atomic E-state index is 0.0474. The largest absolute Gasteiger partial charge is 0.326 e. The fourth-order valence-corrected chi connectivity index (χ4v) is 3.49. The Labute approximate surface area is 116 Å². The van der Waals surface area contributed by atoms with E-state index in [9.17, 15) is 12.8 Å². The molecule has 1 heterocycles. The maximum atomic E-state index is 13.3. The average molecular weight is 298 g/mol. The topological polar surface area (TPSA) is 92.1 Å². The van der Waals surface area contributed by atoms with E-state index in [4.69, 9.17) is 5.73 Å². The van der Waals surface area contributed by atoms with Gasteiger partial charge in [0, 0.05) is 18.7 Å². The fraction of sp³-hybridized carbons (Fsp3) is 0.250. The summed E-state index contributed by atoms with van der Waals surface area (Å²) >= 11 is 0. The second kappa shape index (κ2) is 5.59. The van der Waals surface area contributed by atoms with Crippen molar-refractivity contribution in [3.8, 4) is 0 Å². The van der Waals surface area contributed by atoms with E-state index >= 15 is 0 Å². The van der Waals surface area contributed by atoms with Gasteiger partial charge in [0.2, 0.25) is 0 Å². The smallest absolute Gasteiger partial charge is 0.281 e. The van der Waals surface area contributed by atoms with Crippen molar-refractivity contribution < 1.29 is 12.8 Å². The van der Waals surface area contributed by atoms with E-state index < -0.39 is 15.8 Å². The second-order valence-corrected chi connectivity index (χ2v) is 5.88. The van der Waals surface area contributed by atoms with Gasteiger partial charge in [-0.25, -0.2) is 4.39 Å². The number of benzene rings is 1. The molecule has 0 bridgehead atoms. The molecule has 0 unspecified atom stereocenters. The van der Waals surface area contributed by atoms with E-state index in [1.807, 2.05) is 0 Å². The van der Waals surface area contributed by atoms with Gasteiger partial charge in [-0.15, -0.1) is 0 Å². The molecule has 8 heteroatoms. The van der Waals surface area contributed by atoms with Gasteiger partial charge >= 0.3 is 0 Å². The normalized spacial score (nSPS) is 11.6. The number of hydrogen-bond acceptors (Lipinski definition) is 4. The molecule has 2 aromatic rings. The number of nitrogens with zero attached hydrogens (tertiary/aromatic N) is 2. The highest BCUT2D eigenvalue weighted by Crippen LogP contribution is 2.24. The van der Waals surface area contributed by atoms with Crippen LogP contribution in [-0.4, -0.2) is 25.2 Å². The highest BCUT2D eigenvalue weighted by molar-refractivity contribution is 7.92. The minimum atomic E-state index is -3.85. The van der Waals surface area contributed by atoms with Crippen molar-refractivity contribution in [1.82, 2.24) is 10.2 Å². The molecule has 0 aliphatic carbocycles. The molecule has 20 heavy (non-hydrogen) atoms. The van der Waals surface area contributed by atoms with Gasteiger partial charge in [0.25, 0.3) is 10.0 Å². The number of hydrogen-bond donors (Lipinski definition) is 2. The third-order valence-electron chi connectivity index (χ3n) is 2.83. The van der Waals surface area contributed by atoms with E-state index in [2.05, 4.69) is 10.2 Å². The zero-order chi connectivity index (χ0) is 14.8. The number of halogens is 1. The van der Waals surface area contributed by atoms with Crippen LogP contribution in [-0.2, 0) is 16.6 Å². The van der Waals surface area contributed by atoms with E-state index in [0.29, 0.717) is 5.56 Å². The number of anilines is 1. The summed E-state index contributed by atoms with van der Waals surface area (Å²) in [5.74, 6) is -0.500. The predicted molar refractivity (Wildman–Crippen MR) is 73.1 cm³/mol. The third-order valence-corrected chi connectivity index (χ3v) is 4.75. The third kappa shape index (κ3) is 2.52. The van der Waals surface area contributed by atoms with Gasteiger partial charge in [0.1, 0.15) is 5.82 Å². The molecule has 0 spiro atoms. The standard InChI is InChI=1S/C12H15FN4O2S/c1-2-17(11-5-3-4-10(13)6-11)20(18,19)12-9(7-14)8-15-16-12/h3-6,8H,2,7,14H2,1H3,(H,15,16). The molecule has 3 N–H and O–H groups in total. The summed E-state index contributed by atoms with van der Waals surface area (Å²) in [6, 6.07) is 5.41. The monoisotopic (exact) mass is 298 g/mol. The zero-order valence-electron chi connectivity index (χ0n) is 10.9. The van der Waals surface area contributed by atoms with E-state index in [1.165, 1.54) is 30.5 Å². The van der Waals surface area contributed by atoms with Crippen molar-refractivity contribution in [3.63, 3.8) is 0 Å². The van der Waals surface area contributed by atoms with Crippen LogP contribution in [0.1, 0.15) is 12.5 Å². The number of aromatic nitrogens is 2. The first-order chi connectivity index (χ1) is 9.50. The lowest BCUT2D eigenvalue weighted by Crippen LogP contribution is -2.32. The lowest BCUT2D eigenvalue weighted by Gasteiger charge is -2.22. The summed E-state index contributed by atoms with van der Waals surface area (Å²) < 4.78 is 39.6. The van der Waals surface area contributed by atoms with Crippen LogP contribution in [0.3, 0.4) is 0 Å². The Bertz CT molecular complexity index is 699. The Morgan fingerprint density at radius 3 is 2.80 bits per heavy atom. The van der Waals surface area contributed by atoms with Crippen molar-refractivity contribution in [3.05, 3.63) is 41.8 Å². The Hall–Kier alpha value is -1.93. The molecule has 108 valence electrons. The Balaban J connectivity index is 2.51. The SMILES string of the molecule is CCN(c1cccc(F)c1)S(=O)(=O)c1[nH]ncc1CN. The van der Waals surface area contributed by atoms with Gasteiger partial charge in [-0.05, 0) is 25.1 Å². The lowest BCUT2D eigenvalue weighted by atomic mass is 10.3. The molecule has 0 fully saturated rings. The highest BCUT2D eigenvalue weighted by atomic mass is 32.2. The molecule has 1 aromatic carbocycles. The Morgan fingerprint density at radius 2 is 2.20 bits per heavy atom.